The van der Waals surface area contributed by atoms with Crippen molar-refractivity contribution in [3.63, 3.8) is 0 Å². The molecular weight excluding hydrogens is 201 g/mol. The highest BCUT2D eigenvalue weighted by atomic mass is 19.4. The summed E-state index contributed by atoms with van der Waals surface area (Å²) in [6, 6.07) is 1.29. The predicted molar refractivity (Wildman–Crippen MR) is 40.6 cm³/mol. The molecule has 0 aliphatic rings. The van der Waals surface area contributed by atoms with Gasteiger partial charge in [-0.3, -0.25) is 0 Å². The van der Waals surface area contributed by atoms with Gasteiger partial charge in [0.1, 0.15) is 11.5 Å². The molecule has 1 aromatic rings. The minimum Gasteiger partial charge on any atom is -0.478 e. The fourth-order valence-electron chi connectivity index (χ4n) is 0.821. The van der Waals surface area contributed by atoms with Crippen LogP contribution in [0.1, 0.15) is 16.1 Å². The number of carboxylic acids is 1. The van der Waals surface area contributed by atoms with Crippen molar-refractivity contribution in [2.75, 3.05) is 5.73 Å². The van der Waals surface area contributed by atoms with Crippen molar-refractivity contribution in [3.8, 4) is 0 Å². The Bertz CT molecular complexity index is 376. The van der Waals surface area contributed by atoms with Gasteiger partial charge < -0.3 is 10.8 Å². The number of carboxylic acid groups (broad SMARTS) is 1. The van der Waals surface area contributed by atoms with Crippen molar-refractivity contribution < 1.29 is 23.1 Å². The van der Waals surface area contributed by atoms with Crippen LogP contribution in [0, 0.1) is 0 Å². The first-order valence-electron chi connectivity index (χ1n) is 3.39. The number of nitrogens with zero attached hydrogens (tertiary/aromatic N) is 1. The van der Waals surface area contributed by atoms with E-state index in [4.69, 9.17) is 10.8 Å². The average Bonchev–Trinajstić information content (AvgIpc) is 2.01. The van der Waals surface area contributed by atoms with E-state index in [1.54, 1.807) is 0 Å². The van der Waals surface area contributed by atoms with Crippen LogP contribution in [0.4, 0.5) is 19.0 Å². The number of alkyl halides is 3. The lowest BCUT2D eigenvalue weighted by molar-refractivity contribution is -0.141. The number of hydrogen-bond acceptors (Lipinski definition) is 3. The normalized spacial score (nSPS) is 11.4. The van der Waals surface area contributed by atoms with Crippen LogP contribution >= 0.6 is 0 Å². The summed E-state index contributed by atoms with van der Waals surface area (Å²) in [6.07, 6.45) is -4.69. The van der Waals surface area contributed by atoms with Gasteiger partial charge in [-0.25, -0.2) is 9.78 Å². The zero-order valence-corrected chi connectivity index (χ0v) is 6.67. The molecule has 0 atom stereocenters. The van der Waals surface area contributed by atoms with Crippen LogP contribution in [0.5, 0.6) is 0 Å². The number of aromatic carboxylic acids is 1. The van der Waals surface area contributed by atoms with Gasteiger partial charge in [0.15, 0.2) is 0 Å². The van der Waals surface area contributed by atoms with Crippen molar-refractivity contribution in [1.82, 2.24) is 4.98 Å². The number of nitrogens with two attached hydrogens (primary N) is 1. The molecule has 14 heavy (non-hydrogen) atoms. The third-order valence-electron chi connectivity index (χ3n) is 1.38. The van der Waals surface area contributed by atoms with Crippen LogP contribution in [-0.4, -0.2) is 16.1 Å². The summed E-state index contributed by atoms with van der Waals surface area (Å²) in [7, 11) is 0. The summed E-state index contributed by atoms with van der Waals surface area (Å²) in [6.45, 7) is 0. The van der Waals surface area contributed by atoms with E-state index in [1.165, 1.54) is 0 Å². The van der Waals surface area contributed by atoms with Crippen LogP contribution in [0.15, 0.2) is 12.1 Å². The van der Waals surface area contributed by atoms with Gasteiger partial charge in [0, 0.05) is 0 Å². The number of hydrogen-bond donors (Lipinski definition) is 2. The summed E-state index contributed by atoms with van der Waals surface area (Å²) in [5, 5.41) is 8.45. The Labute approximate surface area is 76.2 Å². The van der Waals surface area contributed by atoms with E-state index < -0.39 is 29.2 Å². The Morgan fingerprint density at radius 2 is 2.00 bits per heavy atom. The summed E-state index contributed by atoms with van der Waals surface area (Å²) < 4.78 is 36.3. The third-order valence-corrected chi connectivity index (χ3v) is 1.38. The Morgan fingerprint density at radius 1 is 1.43 bits per heavy atom. The summed E-state index contributed by atoms with van der Waals surface area (Å²) in [5.74, 6) is -1.96. The number of aromatic nitrogens is 1. The highest BCUT2D eigenvalue weighted by molar-refractivity contribution is 5.88. The van der Waals surface area contributed by atoms with Gasteiger partial charge in [-0.05, 0) is 12.1 Å². The molecule has 0 aliphatic carbocycles. The van der Waals surface area contributed by atoms with Crippen molar-refractivity contribution in [1.29, 1.82) is 0 Å². The summed E-state index contributed by atoms with van der Waals surface area (Å²) in [4.78, 5) is 13.4. The first kappa shape index (κ1) is 10.3. The van der Waals surface area contributed by atoms with Gasteiger partial charge in [-0.1, -0.05) is 0 Å². The number of nitrogen functional groups attached to an aromatic ring is 1. The van der Waals surface area contributed by atoms with Gasteiger partial charge in [0.2, 0.25) is 0 Å². The lowest BCUT2D eigenvalue weighted by atomic mass is 10.2. The van der Waals surface area contributed by atoms with E-state index in [0.717, 1.165) is 6.07 Å². The van der Waals surface area contributed by atoms with Crippen LogP contribution in [0.2, 0.25) is 0 Å². The monoisotopic (exact) mass is 206 g/mol. The molecule has 0 bridgehead atoms. The largest absolute Gasteiger partial charge is 0.478 e. The molecule has 3 N–H and O–H groups in total. The Balaban J connectivity index is 3.28. The van der Waals surface area contributed by atoms with E-state index in [2.05, 4.69) is 4.98 Å². The molecule has 0 unspecified atom stereocenters. The Kier molecular flexibility index (Phi) is 2.33. The highest BCUT2D eigenvalue weighted by Crippen LogP contribution is 2.28. The van der Waals surface area contributed by atoms with Gasteiger partial charge in [-0.15, -0.1) is 0 Å². The molecule has 0 aromatic carbocycles. The number of carbonyl (C=O) groups is 1. The molecule has 4 nitrogen and oxygen atoms in total. The Morgan fingerprint density at radius 3 is 2.43 bits per heavy atom. The number of anilines is 1. The molecule has 0 saturated carbocycles. The second-order valence-electron chi connectivity index (χ2n) is 2.47. The molecular formula is C7H5F3N2O2. The Hall–Kier alpha value is -1.79. The minimum atomic E-state index is -4.69. The van der Waals surface area contributed by atoms with E-state index >= 15 is 0 Å². The SMILES string of the molecule is Nc1cc(C(=O)O)cc(C(F)(F)F)n1. The first-order valence-corrected chi connectivity index (χ1v) is 3.39. The van der Waals surface area contributed by atoms with Crippen molar-refractivity contribution in [3.05, 3.63) is 23.4 Å². The van der Waals surface area contributed by atoms with E-state index in [0.29, 0.717) is 6.07 Å². The van der Waals surface area contributed by atoms with E-state index in [1.807, 2.05) is 0 Å². The molecule has 0 aliphatic heterocycles. The van der Waals surface area contributed by atoms with E-state index in [-0.39, 0.29) is 0 Å². The van der Waals surface area contributed by atoms with Crippen LogP contribution in [0.25, 0.3) is 0 Å². The molecule has 0 fully saturated rings. The van der Waals surface area contributed by atoms with Crippen molar-refractivity contribution in [2.45, 2.75) is 6.18 Å². The smallest absolute Gasteiger partial charge is 0.433 e. The average molecular weight is 206 g/mol. The number of pyridine rings is 1. The summed E-state index contributed by atoms with van der Waals surface area (Å²) >= 11 is 0. The zero-order chi connectivity index (χ0) is 10.9. The quantitative estimate of drug-likeness (QED) is 0.727. The van der Waals surface area contributed by atoms with Gasteiger partial charge >= 0.3 is 12.1 Å². The molecule has 76 valence electrons. The highest BCUT2D eigenvalue weighted by Gasteiger charge is 2.33. The van der Waals surface area contributed by atoms with Crippen LogP contribution in [-0.2, 0) is 6.18 Å². The van der Waals surface area contributed by atoms with Gasteiger partial charge in [0.05, 0.1) is 5.56 Å². The molecule has 0 saturated heterocycles. The molecule has 1 aromatic heterocycles. The molecule has 7 heteroatoms. The summed E-state index contributed by atoms with van der Waals surface area (Å²) in [5.41, 5.74) is 3.17. The maximum atomic E-state index is 12.1. The third kappa shape index (κ3) is 2.12. The van der Waals surface area contributed by atoms with Gasteiger partial charge in [0.25, 0.3) is 0 Å². The maximum Gasteiger partial charge on any atom is 0.433 e. The van der Waals surface area contributed by atoms with Crippen LogP contribution < -0.4 is 5.73 Å². The van der Waals surface area contributed by atoms with Crippen molar-refractivity contribution >= 4 is 11.8 Å². The lowest BCUT2D eigenvalue weighted by Gasteiger charge is -2.06. The second kappa shape index (κ2) is 3.17. The second-order valence-corrected chi connectivity index (χ2v) is 2.47. The van der Waals surface area contributed by atoms with E-state index in [9.17, 15) is 18.0 Å². The molecule has 0 amide bonds. The number of rotatable bonds is 1. The zero-order valence-electron chi connectivity index (χ0n) is 6.67. The first-order chi connectivity index (χ1) is 6.30. The topological polar surface area (TPSA) is 76.2 Å². The molecule has 1 rings (SSSR count). The molecule has 0 radical (unpaired) electrons. The van der Waals surface area contributed by atoms with Crippen LogP contribution in [0.3, 0.4) is 0 Å². The lowest BCUT2D eigenvalue weighted by Crippen LogP contribution is -2.11. The predicted octanol–water partition coefficient (Wildman–Crippen LogP) is 1.38. The van der Waals surface area contributed by atoms with Crippen molar-refractivity contribution in [2.24, 2.45) is 0 Å². The molecule has 1 heterocycles. The minimum absolute atomic E-state index is 0.429. The molecule has 0 spiro atoms. The fourth-order valence-corrected chi connectivity index (χ4v) is 0.821. The number of halogens is 3. The fraction of sp³-hybridized carbons (Fsp3) is 0.143. The maximum absolute atomic E-state index is 12.1. The van der Waals surface area contributed by atoms with Gasteiger partial charge in [-0.2, -0.15) is 13.2 Å². The standard InChI is InChI=1S/C7H5F3N2O2/c8-7(9,10)4-1-3(6(13)14)2-5(11)12-4/h1-2H,(H2,11,12)(H,13,14).